The molecule has 2 rings (SSSR count). The van der Waals surface area contributed by atoms with Crippen LogP contribution in [0.4, 0.5) is 0 Å². The molecule has 104 valence electrons. The number of carbonyl (C=O) groups is 1. The predicted octanol–water partition coefficient (Wildman–Crippen LogP) is -1.63. The van der Waals surface area contributed by atoms with Crippen LogP contribution in [0.3, 0.4) is 0 Å². The fourth-order valence-electron chi connectivity index (χ4n) is 2.35. The first-order valence-corrected chi connectivity index (χ1v) is 6.00. The fourth-order valence-corrected chi connectivity index (χ4v) is 2.35. The lowest BCUT2D eigenvalue weighted by molar-refractivity contribution is -0.237. The Morgan fingerprint density at radius 2 is 2.28 bits per heavy atom. The molecule has 18 heavy (non-hydrogen) atoms. The molecule has 0 aromatic rings. The summed E-state index contributed by atoms with van der Waals surface area (Å²) in [5.74, 6) is -0.317. The average molecular weight is 261 g/mol. The van der Waals surface area contributed by atoms with E-state index in [9.17, 15) is 15.0 Å². The molecule has 0 spiro atoms. The van der Waals surface area contributed by atoms with Gasteiger partial charge in [0.25, 0.3) is 0 Å². The van der Waals surface area contributed by atoms with Crippen molar-refractivity contribution in [3.05, 3.63) is 0 Å². The molecule has 2 heterocycles. The number of aliphatic hydroxyl groups is 2. The Kier molecular flexibility index (Phi) is 3.88. The van der Waals surface area contributed by atoms with E-state index < -0.39 is 30.1 Å². The lowest BCUT2D eigenvalue weighted by Crippen LogP contribution is -2.66. The molecule has 3 N–H and O–H groups in total. The highest BCUT2D eigenvalue weighted by Crippen LogP contribution is 2.37. The molecule has 7 heteroatoms. The molecule has 0 radical (unpaired) electrons. The molecule has 2 aliphatic heterocycles. The summed E-state index contributed by atoms with van der Waals surface area (Å²) in [5, 5.41) is 22.7. The van der Waals surface area contributed by atoms with Gasteiger partial charge < -0.3 is 29.7 Å². The number of hydrogen-bond acceptors (Lipinski definition) is 6. The van der Waals surface area contributed by atoms with Crippen molar-refractivity contribution in [3.8, 4) is 0 Å². The van der Waals surface area contributed by atoms with E-state index >= 15 is 0 Å². The van der Waals surface area contributed by atoms with Gasteiger partial charge in [-0.3, -0.25) is 4.79 Å². The number of amides is 1. The van der Waals surface area contributed by atoms with E-state index in [0.29, 0.717) is 6.61 Å². The minimum absolute atomic E-state index is 0.131. The Balaban J connectivity index is 2.12. The molecule has 7 nitrogen and oxygen atoms in total. The largest absolute Gasteiger partial charge is 0.388 e. The van der Waals surface area contributed by atoms with E-state index in [2.05, 4.69) is 5.32 Å². The first-order valence-electron chi connectivity index (χ1n) is 6.00. The Hall–Kier alpha value is -0.730. The van der Waals surface area contributed by atoms with Crippen LogP contribution in [0, 0.1) is 0 Å². The maximum absolute atomic E-state index is 11.1. The van der Waals surface area contributed by atoms with Crippen molar-refractivity contribution in [1.29, 1.82) is 0 Å². The normalized spacial score (nSPS) is 42.9. The third kappa shape index (κ3) is 2.24. The Labute approximate surface area is 105 Å². The zero-order chi connectivity index (χ0) is 13.3. The van der Waals surface area contributed by atoms with Gasteiger partial charge in [0, 0.05) is 13.5 Å². The number of nitrogens with one attached hydrogen (secondary N) is 1. The summed E-state index contributed by atoms with van der Waals surface area (Å²) in [6.45, 7) is 3.91. The number of fused-ring (bicyclic) bond motifs is 2. The van der Waals surface area contributed by atoms with Crippen molar-refractivity contribution in [1.82, 2.24) is 5.32 Å². The Morgan fingerprint density at radius 3 is 2.89 bits per heavy atom. The van der Waals surface area contributed by atoms with Crippen LogP contribution >= 0.6 is 0 Å². The van der Waals surface area contributed by atoms with Crippen LogP contribution < -0.4 is 5.32 Å². The monoisotopic (exact) mass is 261 g/mol. The van der Waals surface area contributed by atoms with E-state index in [0.717, 1.165) is 0 Å². The highest BCUT2D eigenvalue weighted by atomic mass is 16.7. The molecular weight excluding hydrogens is 242 g/mol. The van der Waals surface area contributed by atoms with Crippen LogP contribution in [0.15, 0.2) is 0 Å². The van der Waals surface area contributed by atoms with Gasteiger partial charge in [-0.15, -0.1) is 0 Å². The van der Waals surface area contributed by atoms with Crippen molar-refractivity contribution in [2.24, 2.45) is 0 Å². The molecule has 0 aliphatic carbocycles. The number of carbonyl (C=O) groups excluding carboxylic acids is 1. The highest BCUT2D eigenvalue weighted by Gasteiger charge is 2.59. The maximum Gasteiger partial charge on any atom is 0.217 e. The number of rotatable bonds is 4. The van der Waals surface area contributed by atoms with E-state index in [1.54, 1.807) is 0 Å². The van der Waals surface area contributed by atoms with Crippen molar-refractivity contribution in [2.45, 2.75) is 44.0 Å². The minimum atomic E-state index is -1.17. The summed E-state index contributed by atoms with van der Waals surface area (Å²) in [5.41, 5.74) is -1.05. The van der Waals surface area contributed by atoms with Crippen LogP contribution in [-0.2, 0) is 19.0 Å². The smallest absolute Gasteiger partial charge is 0.217 e. The molecule has 1 amide bonds. The van der Waals surface area contributed by atoms with Crippen molar-refractivity contribution >= 4 is 5.91 Å². The van der Waals surface area contributed by atoms with Gasteiger partial charge in [-0.2, -0.15) is 0 Å². The zero-order valence-electron chi connectivity index (χ0n) is 10.5. The summed E-state index contributed by atoms with van der Waals surface area (Å²) >= 11 is 0. The summed E-state index contributed by atoms with van der Waals surface area (Å²) < 4.78 is 16.3. The summed E-state index contributed by atoms with van der Waals surface area (Å²) in [7, 11) is 0. The molecule has 2 bridgehead atoms. The fraction of sp³-hybridized carbons (Fsp3) is 0.909. The van der Waals surface area contributed by atoms with Gasteiger partial charge in [-0.1, -0.05) is 0 Å². The quantitative estimate of drug-likeness (QED) is 0.562. The van der Waals surface area contributed by atoms with Gasteiger partial charge in [0.15, 0.2) is 6.29 Å². The predicted molar refractivity (Wildman–Crippen MR) is 59.7 cm³/mol. The Bertz CT molecular complexity index is 325. The number of ether oxygens (including phenoxy) is 3. The first kappa shape index (κ1) is 13.7. The second-order valence-corrected chi connectivity index (χ2v) is 4.66. The zero-order valence-corrected chi connectivity index (χ0v) is 10.5. The van der Waals surface area contributed by atoms with Gasteiger partial charge in [0.1, 0.15) is 23.9 Å². The molecule has 2 aliphatic rings. The lowest BCUT2D eigenvalue weighted by Gasteiger charge is -2.42. The topological polar surface area (TPSA) is 97.2 Å². The van der Waals surface area contributed by atoms with Gasteiger partial charge in [0.05, 0.1) is 13.2 Å². The second-order valence-electron chi connectivity index (χ2n) is 4.66. The average Bonchev–Trinajstić information content (AvgIpc) is 2.73. The molecular formula is C11H19NO6. The number of hydrogen-bond donors (Lipinski definition) is 3. The van der Waals surface area contributed by atoms with E-state index in [1.165, 1.54) is 6.92 Å². The van der Waals surface area contributed by atoms with E-state index in [1.807, 2.05) is 6.92 Å². The standard InChI is InChI=1S/C11H19NO6/c1-3-16-4-11-5-17-10(18-11)7(12-6(2)13)8(14)9(11)15/h7-10,14-15H,3-5H2,1-2H3,(H,12,13)/t7-,8-,9-,10-,11+/m1/s1. The van der Waals surface area contributed by atoms with Gasteiger partial charge in [-0.25, -0.2) is 0 Å². The van der Waals surface area contributed by atoms with Crippen molar-refractivity contribution in [3.63, 3.8) is 0 Å². The minimum Gasteiger partial charge on any atom is -0.388 e. The molecule has 0 aromatic heterocycles. The first-order chi connectivity index (χ1) is 8.50. The van der Waals surface area contributed by atoms with Crippen molar-refractivity contribution < 1.29 is 29.2 Å². The molecule has 0 aromatic carbocycles. The van der Waals surface area contributed by atoms with Crippen LogP contribution in [0.1, 0.15) is 13.8 Å². The molecule has 2 saturated heterocycles. The van der Waals surface area contributed by atoms with Crippen LogP contribution in [0.25, 0.3) is 0 Å². The molecule has 0 saturated carbocycles. The summed E-state index contributed by atoms with van der Waals surface area (Å²) in [6.07, 6.45) is -3.07. The highest BCUT2D eigenvalue weighted by molar-refractivity contribution is 5.73. The van der Waals surface area contributed by atoms with Gasteiger partial charge in [-0.05, 0) is 6.92 Å². The van der Waals surface area contributed by atoms with Gasteiger partial charge >= 0.3 is 0 Å². The van der Waals surface area contributed by atoms with E-state index in [-0.39, 0.29) is 19.1 Å². The summed E-state index contributed by atoms with van der Waals surface area (Å²) in [4.78, 5) is 11.1. The summed E-state index contributed by atoms with van der Waals surface area (Å²) in [6, 6.07) is -0.769. The molecule has 2 fully saturated rings. The molecule has 5 atom stereocenters. The SMILES string of the molecule is CCOC[C@@]12CO[C@H](O1)[C@H](NC(C)=O)[C@@H](O)[C@H]2O. The number of aliphatic hydroxyl groups excluding tert-OH is 2. The van der Waals surface area contributed by atoms with Crippen LogP contribution in [-0.4, -0.2) is 66.1 Å². The van der Waals surface area contributed by atoms with Gasteiger partial charge in [0.2, 0.25) is 5.91 Å². The molecule has 0 unspecified atom stereocenters. The van der Waals surface area contributed by atoms with Crippen molar-refractivity contribution in [2.75, 3.05) is 19.8 Å². The van der Waals surface area contributed by atoms with Crippen LogP contribution in [0.5, 0.6) is 0 Å². The third-order valence-electron chi connectivity index (χ3n) is 3.29. The third-order valence-corrected chi connectivity index (χ3v) is 3.29. The second kappa shape index (κ2) is 5.10. The Morgan fingerprint density at radius 1 is 1.56 bits per heavy atom. The lowest BCUT2D eigenvalue weighted by atomic mass is 9.88. The van der Waals surface area contributed by atoms with Crippen LogP contribution in [0.2, 0.25) is 0 Å². The van der Waals surface area contributed by atoms with E-state index in [4.69, 9.17) is 14.2 Å². The maximum atomic E-state index is 11.1.